The molecule has 1 amide bonds. The minimum atomic E-state index is -0.930. The van der Waals surface area contributed by atoms with Crippen LogP contribution in [0.4, 0.5) is 0 Å². The van der Waals surface area contributed by atoms with Crippen molar-refractivity contribution >= 4 is 17.7 Å². The Kier molecular flexibility index (Phi) is 8.49. The van der Waals surface area contributed by atoms with Crippen LogP contribution in [0.3, 0.4) is 0 Å². The van der Waals surface area contributed by atoms with Crippen LogP contribution < -0.4 is 0 Å². The summed E-state index contributed by atoms with van der Waals surface area (Å²) in [5.41, 5.74) is 1.29. The van der Waals surface area contributed by atoms with Gasteiger partial charge in [-0.1, -0.05) is 32.1 Å². The average Bonchev–Trinajstić information content (AvgIpc) is 3.72. The first-order chi connectivity index (χ1) is 15.7. The fraction of sp³-hybridized carbons (Fsp3) is 0.760. The SMILES string of the molecule is COCO[C@@]1(Cc2cc(CCCC3CC3)ccn2)C(=O)N(COC)[C@H]1CSCCC1CC1. The van der Waals surface area contributed by atoms with Crippen molar-refractivity contribution in [1.82, 2.24) is 9.88 Å². The van der Waals surface area contributed by atoms with Gasteiger partial charge in [-0.25, -0.2) is 0 Å². The molecule has 7 heteroatoms. The highest BCUT2D eigenvalue weighted by atomic mass is 32.2. The van der Waals surface area contributed by atoms with Gasteiger partial charge in [0, 0.05) is 38.3 Å². The summed E-state index contributed by atoms with van der Waals surface area (Å²) in [4.78, 5) is 19.7. The maximum Gasteiger partial charge on any atom is 0.259 e. The van der Waals surface area contributed by atoms with Gasteiger partial charge in [-0.3, -0.25) is 9.78 Å². The number of nitrogens with zero attached hydrogens (tertiary/aromatic N) is 2. The number of thioether (sulfide) groups is 1. The number of hydrogen-bond donors (Lipinski definition) is 0. The number of pyridine rings is 1. The number of methoxy groups -OCH3 is 2. The van der Waals surface area contributed by atoms with Gasteiger partial charge in [0.05, 0.1) is 6.04 Å². The number of carbonyl (C=O) groups excluding carboxylic acids is 1. The van der Waals surface area contributed by atoms with Crippen molar-refractivity contribution in [3.63, 3.8) is 0 Å². The van der Waals surface area contributed by atoms with E-state index in [-0.39, 0.29) is 18.7 Å². The van der Waals surface area contributed by atoms with Gasteiger partial charge in [-0.05, 0) is 54.5 Å². The molecule has 0 radical (unpaired) electrons. The fourth-order valence-electron chi connectivity index (χ4n) is 4.69. The molecule has 2 aliphatic carbocycles. The maximum absolute atomic E-state index is 13.3. The Morgan fingerprint density at radius 3 is 2.66 bits per heavy atom. The largest absolute Gasteiger partial charge is 0.364 e. The van der Waals surface area contributed by atoms with Crippen molar-refractivity contribution in [2.45, 2.75) is 69.4 Å². The van der Waals surface area contributed by atoms with Gasteiger partial charge < -0.3 is 19.1 Å². The monoisotopic (exact) mass is 462 g/mol. The standard InChI is InChI=1S/C25H38N2O4S/c1-29-17-27-23(16-32-13-11-20-8-9-20)25(24(27)28,31-18-30-2)15-22-14-21(10-12-26-22)5-3-4-19-6-7-19/h10,12,14,19-20,23H,3-9,11,13,15-18H2,1-2H3/t23-,25+/m0/s1. The zero-order chi connectivity index (χ0) is 22.4. The molecule has 1 aromatic rings. The molecule has 178 valence electrons. The normalized spacial score (nSPS) is 25.2. The number of carbonyl (C=O) groups is 1. The van der Waals surface area contributed by atoms with Crippen molar-refractivity contribution in [2.75, 3.05) is 39.2 Å². The van der Waals surface area contributed by atoms with Crippen LogP contribution in [-0.4, -0.2) is 66.7 Å². The molecular formula is C25H38N2O4S. The van der Waals surface area contributed by atoms with E-state index in [1.807, 2.05) is 18.0 Å². The van der Waals surface area contributed by atoms with Gasteiger partial charge in [-0.15, -0.1) is 0 Å². The molecule has 1 aliphatic heterocycles. The van der Waals surface area contributed by atoms with E-state index in [0.29, 0.717) is 13.2 Å². The molecule has 1 saturated heterocycles. The Balaban J connectivity index is 1.43. The summed E-state index contributed by atoms with van der Waals surface area (Å²) >= 11 is 1.92. The number of aryl methyl sites for hydroxylation is 1. The zero-order valence-corrected chi connectivity index (χ0v) is 20.4. The Morgan fingerprint density at radius 2 is 1.94 bits per heavy atom. The van der Waals surface area contributed by atoms with E-state index in [1.54, 1.807) is 19.1 Å². The van der Waals surface area contributed by atoms with Crippen LogP contribution in [0, 0.1) is 11.8 Å². The minimum Gasteiger partial charge on any atom is -0.364 e. The molecule has 0 N–H and O–H groups in total. The highest BCUT2D eigenvalue weighted by Gasteiger charge is 2.62. The van der Waals surface area contributed by atoms with Gasteiger partial charge >= 0.3 is 0 Å². The molecule has 2 atom stereocenters. The van der Waals surface area contributed by atoms with Gasteiger partial charge in [-0.2, -0.15) is 11.8 Å². The summed E-state index contributed by atoms with van der Waals surface area (Å²) in [5, 5.41) is 0. The number of hydrogen-bond acceptors (Lipinski definition) is 6. The summed E-state index contributed by atoms with van der Waals surface area (Å²) < 4.78 is 16.7. The lowest BCUT2D eigenvalue weighted by Crippen LogP contribution is -2.77. The molecule has 4 rings (SSSR count). The molecule has 1 aromatic heterocycles. The smallest absolute Gasteiger partial charge is 0.259 e. The molecule has 2 heterocycles. The van der Waals surface area contributed by atoms with Crippen LogP contribution in [0.15, 0.2) is 18.3 Å². The number of rotatable bonds is 16. The first-order valence-corrected chi connectivity index (χ1v) is 13.3. The first-order valence-electron chi connectivity index (χ1n) is 12.1. The summed E-state index contributed by atoms with van der Waals surface area (Å²) in [5.74, 6) is 3.82. The third kappa shape index (κ3) is 6.04. The van der Waals surface area contributed by atoms with E-state index in [4.69, 9.17) is 14.2 Å². The van der Waals surface area contributed by atoms with E-state index in [2.05, 4.69) is 17.1 Å². The maximum atomic E-state index is 13.3. The Labute approximate surface area is 196 Å². The van der Waals surface area contributed by atoms with E-state index >= 15 is 0 Å². The fourth-order valence-corrected chi connectivity index (χ4v) is 6.03. The van der Waals surface area contributed by atoms with Crippen LogP contribution in [-0.2, 0) is 31.8 Å². The molecule has 3 fully saturated rings. The van der Waals surface area contributed by atoms with Crippen LogP contribution >= 0.6 is 11.8 Å². The van der Waals surface area contributed by atoms with Crippen molar-refractivity contribution in [1.29, 1.82) is 0 Å². The average molecular weight is 463 g/mol. The second-order valence-electron chi connectivity index (χ2n) is 9.62. The number of likely N-dealkylation sites (tertiary alicyclic amines) is 1. The van der Waals surface area contributed by atoms with Crippen LogP contribution in [0.5, 0.6) is 0 Å². The Morgan fingerprint density at radius 1 is 1.16 bits per heavy atom. The molecule has 0 bridgehead atoms. The van der Waals surface area contributed by atoms with Gasteiger partial charge in [0.25, 0.3) is 5.91 Å². The lowest BCUT2D eigenvalue weighted by Gasteiger charge is -2.54. The molecular weight excluding hydrogens is 424 g/mol. The Hall–Kier alpha value is -1.15. The summed E-state index contributed by atoms with van der Waals surface area (Å²) in [6.07, 6.45) is 12.8. The van der Waals surface area contributed by atoms with Crippen LogP contribution in [0.2, 0.25) is 0 Å². The van der Waals surface area contributed by atoms with Crippen molar-refractivity contribution in [3.05, 3.63) is 29.6 Å². The first kappa shape index (κ1) is 24.0. The van der Waals surface area contributed by atoms with E-state index < -0.39 is 5.60 Å². The molecule has 32 heavy (non-hydrogen) atoms. The molecule has 0 aromatic carbocycles. The third-order valence-electron chi connectivity index (χ3n) is 6.98. The van der Waals surface area contributed by atoms with Crippen LogP contribution in [0.25, 0.3) is 0 Å². The van der Waals surface area contributed by atoms with E-state index in [1.165, 1.54) is 50.5 Å². The lowest BCUT2D eigenvalue weighted by atomic mass is 9.79. The topological polar surface area (TPSA) is 60.9 Å². The van der Waals surface area contributed by atoms with Gasteiger partial charge in [0.15, 0.2) is 5.60 Å². The highest BCUT2D eigenvalue weighted by Crippen LogP contribution is 2.40. The number of amides is 1. The van der Waals surface area contributed by atoms with E-state index in [9.17, 15) is 4.79 Å². The number of aromatic nitrogens is 1. The van der Waals surface area contributed by atoms with Crippen molar-refractivity contribution in [3.8, 4) is 0 Å². The summed E-state index contributed by atoms with van der Waals surface area (Å²) in [6, 6.07) is 4.22. The second kappa shape index (κ2) is 11.3. The molecule has 3 aliphatic rings. The third-order valence-corrected chi connectivity index (χ3v) is 8.06. The zero-order valence-electron chi connectivity index (χ0n) is 19.6. The molecule has 0 spiro atoms. The quantitative estimate of drug-likeness (QED) is 0.210. The number of ether oxygens (including phenoxy) is 3. The van der Waals surface area contributed by atoms with Crippen molar-refractivity contribution < 1.29 is 19.0 Å². The minimum absolute atomic E-state index is 0.0230. The molecule has 0 unspecified atom stereocenters. The lowest BCUT2D eigenvalue weighted by molar-refractivity contribution is -0.229. The van der Waals surface area contributed by atoms with Crippen LogP contribution in [0.1, 0.15) is 56.2 Å². The second-order valence-corrected chi connectivity index (χ2v) is 10.8. The van der Waals surface area contributed by atoms with Gasteiger partial charge in [0.1, 0.15) is 13.5 Å². The van der Waals surface area contributed by atoms with Crippen molar-refractivity contribution in [2.24, 2.45) is 11.8 Å². The highest BCUT2D eigenvalue weighted by molar-refractivity contribution is 7.99. The summed E-state index contributed by atoms with van der Waals surface area (Å²) in [7, 11) is 3.23. The van der Waals surface area contributed by atoms with Gasteiger partial charge in [0.2, 0.25) is 0 Å². The number of β-lactam (4-membered cyclic amide) rings is 1. The summed E-state index contributed by atoms with van der Waals surface area (Å²) in [6.45, 7) is 0.385. The molecule has 2 saturated carbocycles. The predicted molar refractivity (Wildman–Crippen MR) is 126 cm³/mol. The Bertz CT molecular complexity index is 755. The van der Waals surface area contributed by atoms with E-state index in [0.717, 1.165) is 35.5 Å². The molecule has 6 nitrogen and oxygen atoms in total. The predicted octanol–water partition coefficient (Wildman–Crippen LogP) is 4.06.